The van der Waals surface area contributed by atoms with E-state index < -0.39 is 6.36 Å². The Labute approximate surface area is 222 Å². The highest BCUT2D eigenvalue weighted by Gasteiger charge is 2.33. The Bertz CT molecular complexity index is 1280. The summed E-state index contributed by atoms with van der Waals surface area (Å²) in [4.78, 5) is 29.0. The van der Waals surface area contributed by atoms with Gasteiger partial charge in [-0.3, -0.25) is 9.59 Å². The van der Waals surface area contributed by atoms with Crippen LogP contribution >= 0.6 is 0 Å². The van der Waals surface area contributed by atoms with E-state index in [4.69, 9.17) is 4.74 Å². The van der Waals surface area contributed by atoms with Crippen molar-refractivity contribution in [2.75, 3.05) is 36.4 Å². The van der Waals surface area contributed by atoms with Crippen LogP contribution < -0.4 is 19.7 Å². The van der Waals surface area contributed by atoms with Gasteiger partial charge >= 0.3 is 6.36 Å². The Morgan fingerprint density at radius 3 is 2.18 bits per heavy atom. The molecule has 12 heteroatoms. The van der Waals surface area contributed by atoms with Crippen LogP contribution in [0.15, 0.2) is 67.0 Å². The van der Waals surface area contributed by atoms with E-state index in [1.807, 2.05) is 6.07 Å². The molecular formula is C27H26F3N5O4. The molecule has 2 aliphatic heterocycles. The molecule has 9 nitrogen and oxygen atoms in total. The van der Waals surface area contributed by atoms with Crippen LogP contribution in [0, 0.1) is 5.92 Å². The van der Waals surface area contributed by atoms with Crippen LogP contribution in [-0.2, 0) is 4.79 Å². The SMILES string of the molecule is O=C(Nc1ccc(OC2CCN(C(=O)c3ccc(OC(F)(F)F)cc3)CC2)cc1)C1CN(c2ccnnc2)C1. The van der Waals surface area contributed by atoms with Gasteiger partial charge in [0.1, 0.15) is 17.6 Å². The number of piperidine rings is 1. The standard InChI is InChI=1S/C27H26F3N5O4/c28-27(29,30)39-24-5-1-18(2-6-24)26(37)34-13-10-23(11-14-34)38-22-7-3-20(4-8-22)33-25(36)19-16-35(17-19)21-9-12-31-32-15-21/h1-9,12,15,19,23H,10-11,13-14,16-17H2,(H,33,36). The van der Waals surface area contributed by atoms with E-state index in [-0.39, 0.29) is 29.6 Å². The number of anilines is 2. The molecule has 0 radical (unpaired) electrons. The van der Waals surface area contributed by atoms with Gasteiger partial charge in [-0.1, -0.05) is 0 Å². The van der Waals surface area contributed by atoms with Crippen LogP contribution in [0.4, 0.5) is 24.5 Å². The van der Waals surface area contributed by atoms with Crippen molar-refractivity contribution in [3.8, 4) is 11.5 Å². The highest BCUT2D eigenvalue weighted by atomic mass is 19.4. The van der Waals surface area contributed by atoms with Gasteiger partial charge in [0.2, 0.25) is 5.91 Å². The molecule has 0 spiro atoms. The number of carbonyl (C=O) groups is 2. The smallest absolute Gasteiger partial charge is 0.490 e. The molecular weight excluding hydrogens is 515 g/mol. The minimum absolute atomic E-state index is 0.0403. The number of nitrogens with zero attached hydrogens (tertiary/aromatic N) is 4. The number of carbonyl (C=O) groups excluding carboxylic acids is 2. The van der Waals surface area contributed by atoms with Crippen LogP contribution in [0.5, 0.6) is 11.5 Å². The van der Waals surface area contributed by atoms with Crippen LogP contribution in [0.2, 0.25) is 0 Å². The first kappa shape index (κ1) is 26.3. The molecule has 0 aliphatic carbocycles. The van der Waals surface area contributed by atoms with E-state index in [2.05, 4.69) is 25.2 Å². The summed E-state index contributed by atoms with van der Waals surface area (Å²) in [6.45, 7) is 2.17. The van der Waals surface area contributed by atoms with Gasteiger partial charge in [0.15, 0.2) is 0 Å². The van der Waals surface area contributed by atoms with Crippen molar-refractivity contribution < 1.29 is 32.2 Å². The lowest BCUT2D eigenvalue weighted by Gasteiger charge is -2.39. The largest absolute Gasteiger partial charge is 0.573 e. The molecule has 1 N–H and O–H groups in total. The molecule has 39 heavy (non-hydrogen) atoms. The van der Waals surface area contributed by atoms with Crippen molar-refractivity contribution in [1.29, 1.82) is 0 Å². The molecule has 0 atom stereocenters. The number of benzene rings is 2. The van der Waals surface area contributed by atoms with Gasteiger partial charge in [0.05, 0.1) is 24.0 Å². The van der Waals surface area contributed by atoms with Crippen molar-refractivity contribution in [3.05, 3.63) is 72.6 Å². The Balaban J connectivity index is 1.05. The first-order valence-electron chi connectivity index (χ1n) is 12.5. The maximum atomic E-state index is 12.7. The number of hydrogen-bond acceptors (Lipinski definition) is 7. The number of amides is 2. The van der Waals surface area contributed by atoms with Crippen LogP contribution in [0.25, 0.3) is 0 Å². The quantitative estimate of drug-likeness (QED) is 0.481. The van der Waals surface area contributed by atoms with Gasteiger partial charge < -0.3 is 24.6 Å². The second-order valence-electron chi connectivity index (χ2n) is 9.40. The molecule has 2 aromatic carbocycles. The number of alkyl halides is 3. The summed E-state index contributed by atoms with van der Waals surface area (Å²) < 4.78 is 46.9. The second kappa shape index (κ2) is 11.2. The predicted molar refractivity (Wildman–Crippen MR) is 135 cm³/mol. The monoisotopic (exact) mass is 541 g/mol. The van der Waals surface area contributed by atoms with Gasteiger partial charge in [-0.25, -0.2) is 0 Å². The molecule has 3 heterocycles. The van der Waals surface area contributed by atoms with Crippen molar-refractivity contribution in [2.45, 2.75) is 25.3 Å². The molecule has 2 aliphatic rings. The summed E-state index contributed by atoms with van der Waals surface area (Å²) in [5.74, 6) is -0.1000. The second-order valence-corrected chi connectivity index (χ2v) is 9.40. The van der Waals surface area contributed by atoms with E-state index in [1.54, 1.807) is 41.6 Å². The molecule has 3 aromatic rings. The maximum absolute atomic E-state index is 12.7. The Hall–Kier alpha value is -4.35. The molecule has 0 unspecified atom stereocenters. The number of hydrogen-bond donors (Lipinski definition) is 1. The normalized spacial score (nSPS) is 16.4. The van der Waals surface area contributed by atoms with E-state index >= 15 is 0 Å². The number of nitrogens with one attached hydrogen (secondary N) is 1. The summed E-state index contributed by atoms with van der Waals surface area (Å²) in [5.41, 5.74) is 1.92. The van der Waals surface area contributed by atoms with E-state index in [0.29, 0.717) is 56.0 Å². The Kier molecular flexibility index (Phi) is 7.53. The van der Waals surface area contributed by atoms with Crippen molar-refractivity contribution in [1.82, 2.24) is 15.1 Å². The van der Waals surface area contributed by atoms with Crippen molar-refractivity contribution in [3.63, 3.8) is 0 Å². The fraction of sp³-hybridized carbons (Fsp3) is 0.333. The summed E-state index contributed by atoms with van der Waals surface area (Å²) >= 11 is 0. The Morgan fingerprint density at radius 1 is 0.897 bits per heavy atom. The first-order valence-corrected chi connectivity index (χ1v) is 12.5. The van der Waals surface area contributed by atoms with E-state index in [9.17, 15) is 22.8 Å². The molecule has 1 aromatic heterocycles. The molecule has 2 fully saturated rings. The number of ether oxygens (including phenoxy) is 2. The highest BCUT2D eigenvalue weighted by Crippen LogP contribution is 2.27. The average Bonchev–Trinajstić information content (AvgIpc) is 2.89. The molecule has 5 rings (SSSR count). The Morgan fingerprint density at radius 2 is 1.56 bits per heavy atom. The highest BCUT2D eigenvalue weighted by molar-refractivity contribution is 5.95. The van der Waals surface area contributed by atoms with E-state index in [0.717, 1.165) is 17.8 Å². The summed E-state index contributed by atoms with van der Waals surface area (Å²) in [6, 6.07) is 14.0. The van der Waals surface area contributed by atoms with Gasteiger partial charge in [0.25, 0.3) is 5.91 Å². The maximum Gasteiger partial charge on any atom is 0.573 e. The summed E-state index contributed by atoms with van der Waals surface area (Å²) in [7, 11) is 0. The lowest BCUT2D eigenvalue weighted by molar-refractivity contribution is -0.274. The summed E-state index contributed by atoms with van der Waals surface area (Å²) in [5, 5.41) is 10.6. The fourth-order valence-electron chi connectivity index (χ4n) is 4.54. The van der Waals surface area contributed by atoms with Crippen molar-refractivity contribution in [2.24, 2.45) is 5.92 Å². The molecule has 204 valence electrons. The zero-order chi connectivity index (χ0) is 27.4. The van der Waals surface area contributed by atoms with Gasteiger partial charge in [0, 0.05) is 50.3 Å². The van der Waals surface area contributed by atoms with Gasteiger partial charge in [-0.2, -0.15) is 10.2 Å². The molecule has 0 bridgehead atoms. The summed E-state index contributed by atoms with van der Waals surface area (Å²) in [6.07, 6.45) is -0.332. The lowest BCUT2D eigenvalue weighted by Crippen LogP contribution is -2.52. The third-order valence-corrected chi connectivity index (χ3v) is 6.67. The molecule has 0 saturated carbocycles. The minimum atomic E-state index is -4.78. The van der Waals surface area contributed by atoms with Gasteiger partial charge in [-0.15, -0.1) is 13.2 Å². The first-order chi connectivity index (χ1) is 18.7. The number of aromatic nitrogens is 2. The van der Waals surface area contributed by atoms with Crippen molar-refractivity contribution >= 4 is 23.2 Å². The third-order valence-electron chi connectivity index (χ3n) is 6.67. The average molecular weight is 542 g/mol. The zero-order valence-electron chi connectivity index (χ0n) is 20.8. The van der Waals surface area contributed by atoms with Crippen LogP contribution in [-0.4, -0.2) is 65.6 Å². The minimum Gasteiger partial charge on any atom is -0.490 e. The topological polar surface area (TPSA) is 96.9 Å². The molecule has 2 saturated heterocycles. The number of rotatable bonds is 7. The van der Waals surface area contributed by atoms with Crippen LogP contribution in [0.3, 0.4) is 0 Å². The van der Waals surface area contributed by atoms with Gasteiger partial charge in [-0.05, 0) is 54.6 Å². The third kappa shape index (κ3) is 6.75. The lowest BCUT2D eigenvalue weighted by atomic mass is 9.98. The predicted octanol–water partition coefficient (Wildman–Crippen LogP) is 4.13. The van der Waals surface area contributed by atoms with E-state index in [1.165, 1.54) is 12.1 Å². The van der Waals surface area contributed by atoms with Crippen LogP contribution in [0.1, 0.15) is 23.2 Å². The number of halogens is 3. The molecule has 2 amide bonds. The fourth-order valence-corrected chi connectivity index (χ4v) is 4.54. The zero-order valence-corrected chi connectivity index (χ0v) is 20.8. The number of likely N-dealkylation sites (tertiary alicyclic amines) is 1.